The number of aliphatic hydroxyl groups is 2. The van der Waals surface area contributed by atoms with Crippen molar-refractivity contribution in [2.45, 2.75) is 38.5 Å². The van der Waals surface area contributed by atoms with Crippen LogP contribution in [-0.2, 0) is 0 Å². The number of ketones is 2. The van der Waals surface area contributed by atoms with Crippen molar-refractivity contribution < 1.29 is 19.8 Å². The smallest absolute Gasteiger partial charge is 0.196 e. The predicted octanol–water partition coefficient (Wildman–Crippen LogP) is 3.61. The van der Waals surface area contributed by atoms with Gasteiger partial charge >= 0.3 is 0 Å². The Bertz CT molecular complexity index is 823. The molecule has 1 aliphatic rings. The molecule has 160 valence electrons. The molecule has 6 heteroatoms. The lowest BCUT2D eigenvalue weighted by Gasteiger charge is -2.24. The lowest BCUT2D eigenvalue weighted by molar-refractivity contribution is 0.0980. The number of hydrogen-bond donors (Lipinski definition) is 4. The van der Waals surface area contributed by atoms with E-state index in [-0.39, 0.29) is 24.8 Å². The molecule has 2 aromatic rings. The SMILES string of the molecule is O=C1c2ccccc2C(=O)c2c(NCCCCCO)ccc(NCCCCCO)c21. The molecule has 2 aromatic carbocycles. The zero-order chi connectivity index (χ0) is 21.3. The maximum Gasteiger partial charge on any atom is 0.196 e. The summed E-state index contributed by atoms with van der Waals surface area (Å²) in [6.45, 7) is 1.70. The monoisotopic (exact) mass is 410 g/mol. The van der Waals surface area contributed by atoms with Gasteiger partial charge in [0.15, 0.2) is 11.6 Å². The molecule has 0 amide bonds. The molecular weight excluding hydrogens is 380 g/mol. The van der Waals surface area contributed by atoms with E-state index < -0.39 is 0 Å². The number of aliphatic hydroxyl groups excluding tert-OH is 2. The van der Waals surface area contributed by atoms with Gasteiger partial charge in [-0.3, -0.25) is 9.59 Å². The summed E-state index contributed by atoms with van der Waals surface area (Å²) in [6.07, 6.45) is 5.05. The average Bonchev–Trinajstić information content (AvgIpc) is 2.77. The van der Waals surface area contributed by atoms with Crippen LogP contribution in [0.15, 0.2) is 36.4 Å². The Morgan fingerprint density at radius 3 is 1.43 bits per heavy atom. The highest BCUT2D eigenvalue weighted by Crippen LogP contribution is 2.36. The first-order valence-corrected chi connectivity index (χ1v) is 10.7. The van der Waals surface area contributed by atoms with Crippen LogP contribution in [0.3, 0.4) is 0 Å². The first-order chi connectivity index (χ1) is 14.7. The second kappa shape index (κ2) is 10.9. The third-order valence-electron chi connectivity index (χ3n) is 5.38. The van der Waals surface area contributed by atoms with Gasteiger partial charge in [0.05, 0.1) is 11.1 Å². The van der Waals surface area contributed by atoms with Gasteiger partial charge in [0, 0.05) is 48.8 Å². The highest BCUT2D eigenvalue weighted by Gasteiger charge is 2.33. The van der Waals surface area contributed by atoms with E-state index in [1.165, 1.54) is 0 Å². The number of fused-ring (bicyclic) bond motifs is 2. The summed E-state index contributed by atoms with van der Waals surface area (Å²) >= 11 is 0. The molecule has 6 nitrogen and oxygen atoms in total. The lowest BCUT2D eigenvalue weighted by Crippen LogP contribution is -2.24. The van der Waals surface area contributed by atoms with Gasteiger partial charge in [-0.25, -0.2) is 0 Å². The molecule has 0 unspecified atom stereocenters. The third-order valence-corrected chi connectivity index (χ3v) is 5.38. The Kier molecular flexibility index (Phi) is 7.99. The van der Waals surface area contributed by atoms with Gasteiger partial charge in [-0.15, -0.1) is 0 Å². The number of nitrogens with one attached hydrogen (secondary N) is 2. The van der Waals surface area contributed by atoms with Crippen LogP contribution in [0, 0.1) is 0 Å². The van der Waals surface area contributed by atoms with Crippen molar-refractivity contribution in [2.24, 2.45) is 0 Å². The predicted molar refractivity (Wildman–Crippen MR) is 119 cm³/mol. The Morgan fingerprint density at radius 2 is 1.03 bits per heavy atom. The van der Waals surface area contributed by atoms with E-state index in [0.717, 1.165) is 38.5 Å². The van der Waals surface area contributed by atoms with Crippen LogP contribution in [0.2, 0.25) is 0 Å². The second-order valence-corrected chi connectivity index (χ2v) is 7.54. The number of unbranched alkanes of at least 4 members (excludes halogenated alkanes) is 4. The molecule has 0 atom stereocenters. The molecule has 1 aliphatic carbocycles. The van der Waals surface area contributed by atoms with Crippen molar-refractivity contribution >= 4 is 22.9 Å². The average molecular weight is 411 g/mol. The number of carbonyl (C=O) groups is 2. The van der Waals surface area contributed by atoms with Gasteiger partial charge in [-0.1, -0.05) is 24.3 Å². The second-order valence-electron chi connectivity index (χ2n) is 7.54. The first-order valence-electron chi connectivity index (χ1n) is 10.7. The van der Waals surface area contributed by atoms with Crippen molar-refractivity contribution in [1.82, 2.24) is 0 Å². The van der Waals surface area contributed by atoms with Crippen LogP contribution in [0.1, 0.15) is 70.4 Å². The highest BCUT2D eigenvalue weighted by atomic mass is 16.3. The van der Waals surface area contributed by atoms with Crippen molar-refractivity contribution in [2.75, 3.05) is 36.9 Å². The summed E-state index contributed by atoms with van der Waals surface area (Å²) < 4.78 is 0. The van der Waals surface area contributed by atoms with Crippen LogP contribution < -0.4 is 10.6 Å². The van der Waals surface area contributed by atoms with E-state index in [1.54, 1.807) is 24.3 Å². The maximum absolute atomic E-state index is 13.3. The quantitative estimate of drug-likeness (QED) is 0.341. The van der Waals surface area contributed by atoms with Crippen LogP contribution in [0.5, 0.6) is 0 Å². The third kappa shape index (κ3) is 4.89. The molecule has 3 rings (SSSR count). The summed E-state index contributed by atoms with van der Waals surface area (Å²) in [5.74, 6) is -0.274. The Labute approximate surface area is 177 Å². The fourth-order valence-electron chi connectivity index (χ4n) is 3.79. The van der Waals surface area contributed by atoms with Crippen LogP contribution in [0.25, 0.3) is 0 Å². The van der Waals surface area contributed by atoms with E-state index >= 15 is 0 Å². The van der Waals surface area contributed by atoms with E-state index in [1.807, 2.05) is 12.1 Å². The van der Waals surface area contributed by atoms with Gasteiger partial charge in [0.2, 0.25) is 0 Å². The minimum absolute atomic E-state index is 0.137. The van der Waals surface area contributed by atoms with Crippen molar-refractivity contribution in [3.8, 4) is 0 Å². The molecule has 0 saturated carbocycles. The molecule has 0 radical (unpaired) electrons. The molecule has 0 saturated heterocycles. The Morgan fingerprint density at radius 1 is 0.600 bits per heavy atom. The Hall–Kier alpha value is -2.70. The van der Waals surface area contributed by atoms with Crippen LogP contribution >= 0.6 is 0 Å². The van der Waals surface area contributed by atoms with E-state index in [4.69, 9.17) is 10.2 Å². The largest absolute Gasteiger partial charge is 0.396 e. The summed E-state index contributed by atoms with van der Waals surface area (Å²) in [4.78, 5) is 26.6. The van der Waals surface area contributed by atoms with Gasteiger partial charge in [0.1, 0.15) is 0 Å². The summed E-state index contributed by atoms with van der Waals surface area (Å²) in [7, 11) is 0. The molecule has 4 N–H and O–H groups in total. The molecule has 0 aliphatic heterocycles. The zero-order valence-electron chi connectivity index (χ0n) is 17.2. The fraction of sp³-hybridized carbons (Fsp3) is 0.417. The van der Waals surface area contributed by atoms with Crippen LogP contribution in [0.4, 0.5) is 11.4 Å². The van der Waals surface area contributed by atoms with Gasteiger partial charge in [-0.05, 0) is 50.7 Å². The standard InChI is InChI=1S/C24H30N2O4/c27-15-7-1-5-13-25-19-11-12-20(26-14-6-2-8-16-28)22-21(19)23(29)17-9-3-4-10-18(17)24(22)30/h3-4,9-12,25-28H,1-2,5-8,13-16H2. The summed E-state index contributed by atoms with van der Waals surface area (Å²) in [5, 5.41) is 24.5. The lowest BCUT2D eigenvalue weighted by atomic mass is 9.82. The number of carbonyl (C=O) groups excluding carboxylic acids is 2. The molecule has 0 aromatic heterocycles. The first kappa shape index (κ1) is 22.0. The van der Waals surface area contributed by atoms with E-state index in [9.17, 15) is 9.59 Å². The molecule has 0 spiro atoms. The highest BCUT2D eigenvalue weighted by molar-refractivity contribution is 6.31. The molecule has 0 bridgehead atoms. The van der Waals surface area contributed by atoms with E-state index in [2.05, 4.69) is 10.6 Å². The molecular formula is C24H30N2O4. The van der Waals surface area contributed by atoms with Crippen molar-refractivity contribution in [3.05, 3.63) is 58.7 Å². The number of rotatable bonds is 12. The van der Waals surface area contributed by atoms with Crippen molar-refractivity contribution in [1.29, 1.82) is 0 Å². The normalized spacial score (nSPS) is 12.5. The van der Waals surface area contributed by atoms with Gasteiger partial charge < -0.3 is 20.8 Å². The summed E-state index contributed by atoms with van der Waals surface area (Å²) in [6, 6.07) is 10.7. The van der Waals surface area contributed by atoms with Gasteiger partial charge in [0.25, 0.3) is 0 Å². The topological polar surface area (TPSA) is 98.7 Å². The Balaban J connectivity index is 1.88. The van der Waals surface area contributed by atoms with Crippen molar-refractivity contribution in [3.63, 3.8) is 0 Å². The molecule has 30 heavy (non-hydrogen) atoms. The molecule has 0 fully saturated rings. The summed E-state index contributed by atoms with van der Waals surface area (Å²) in [5.41, 5.74) is 3.10. The maximum atomic E-state index is 13.3. The zero-order valence-corrected chi connectivity index (χ0v) is 17.2. The fourth-order valence-corrected chi connectivity index (χ4v) is 3.79. The van der Waals surface area contributed by atoms with Crippen LogP contribution in [-0.4, -0.2) is 48.1 Å². The minimum atomic E-state index is -0.137. The number of hydrogen-bond acceptors (Lipinski definition) is 6. The minimum Gasteiger partial charge on any atom is -0.396 e. The molecule has 0 heterocycles. The van der Waals surface area contributed by atoms with Gasteiger partial charge in [-0.2, -0.15) is 0 Å². The number of benzene rings is 2. The number of anilines is 2. The van der Waals surface area contributed by atoms with E-state index in [0.29, 0.717) is 46.7 Å².